The molecule has 0 aliphatic carbocycles. The standard InChI is InChI=1S/C23H22N4O15/c1-11-23(30,12(2)41-21(28)13-4-15(24(31)32)8-16(5-13)25(33)34)19(10-20(39-3)40-11)42-22(29)14-6-17(26(35)36)9-18(7-14)27(37)38/h4-9,11-12,19-20,30H,10H2,1-3H3/t11-,12-,19+,20-,23-/m0/s1. The summed E-state index contributed by atoms with van der Waals surface area (Å²) in [5, 5.41) is 56.5. The zero-order valence-corrected chi connectivity index (χ0v) is 21.9. The zero-order chi connectivity index (χ0) is 31.5. The quantitative estimate of drug-likeness (QED) is 0.235. The lowest BCUT2D eigenvalue weighted by Gasteiger charge is -2.48. The molecule has 1 aliphatic rings. The Balaban J connectivity index is 1.96. The molecule has 5 atom stereocenters. The molecule has 2 aromatic rings. The van der Waals surface area contributed by atoms with Gasteiger partial charge in [0.15, 0.2) is 11.9 Å². The Morgan fingerprint density at radius 1 is 0.857 bits per heavy atom. The van der Waals surface area contributed by atoms with Crippen LogP contribution in [0.15, 0.2) is 36.4 Å². The van der Waals surface area contributed by atoms with Crippen LogP contribution in [0.25, 0.3) is 0 Å². The number of methoxy groups -OCH3 is 1. The van der Waals surface area contributed by atoms with Crippen LogP contribution >= 0.6 is 0 Å². The molecule has 3 rings (SSSR count). The van der Waals surface area contributed by atoms with Crippen LogP contribution in [0.4, 0.5) is 22.7 Å². The molecule has 0 bridgehead atoms. The third-order valence-electron chi connectivity index (χ3n) is 6.50. The van der Waals surface area contributed by atoms with Crippen molar-refractivity contribution in [2.45, 2.75) is 50.5 Å². The predicted octanol–water partition coefficient (Wildman–Crippen LogP) is 2.60. The number of ether oxygens (including phenoxy) is 4. The monoisotopic (exact) mass is 594 g/mol. The number of nitro groups is 4. The fourth-order valence-corrected chi connectivity index (χ4v) is 4.27. The van der Waals surface area contributed by atoms with E-state index in [9.17, 15) is 55.2 Å². The van der Waals surface area contributed by atoms with Crippen molar-refractivity contribution in [3.05, 3.63) is 88.0 Å². The fourth-order valence-electron chi connectivity index (χ4n) is 4.27. The number of nitro benzene ring substituents is 4. The summed E-state index contributed by atoms with van der Waals surface area (Å²) in [4.78, 5) is 66.9. The number of nitrogens with zero attached hydrogens (tertiary/aromatic N) is 4. The number of carbonyl (C=O) groups excluding carboxylic acids is 2. The fraction of sp³-hybridized carbons (Fsp3) is 0.391. The predicted molar refractivity (Wildman–Crippen MR) is 134 cm³/mol. The minimum absolute atomic E-state index is 0.371. The highest BCUT2D eigenvalue weighted by Gasteiger charge is 2.56. The van der Waals surface area contributed by atoms with Gasteiger partial charge in [-0.15, -0.1) is 0 Å². The maximum Gasteiger partial charge on any atom is 0.339 e. The first-order valence-electron chi connectivity index (χ1n) is 11.8. The second-order valence-electron chi connectivity index (χ2n) is 9.01. The topological polar surface area (TPSA) is 264 Å². The summed E-state index contributed by atoms with van der Waals surface area (Å²) < 4.78 is 21.4. The van der Waals surface area contributed by atoms with Crippen LogP contribution in [0.2, 0.25) is 0 Å². The molecule has 1 fully saturated rings. The lowest BCUT2D eigenvalue weighted by atomic mass is 9.81. The zero-order valence-electron chi connectivity index (χ0n) is 21.9. The molecule has 0 saturated carbocycles. The van der Waals surface area contributed by atoms with Gasteiger partial charge in [-0.2, -0.15) is 0 Å². The smallest absolute Gasteiger partial charge is 0.339 e. The van der Waals surface area contributed by atoms with Crippen LogP contribution in [0.3, 0.4) is 0 Å². The average molecular weight is 594 g/mol. The Kier molecular flexibility index (Phi) is 9.09. The van der Waals surface area contributed by atoms with Crippen LogP contribution in [-0.4, -0.2) is 74.1 Å². The number of benzene rings is 2. The van der Waals surface area contributed by atoms with E-state index in [2.05, 4.69) is 0 Å². The summed E-state index contributed by atoms with van der Waals surface area (Å²) >= 11 is 0. The van der Waals surface area contributed by atoms with Crippen molar-refractivity contribution in [1.29, 1.82) is 0 Å². The van der Waals surface area contributed by atoms with Crippen LogP contribution in [0.5, 0.6) is 0 Å². The van der Waals surface area contributed by atoms with E-state index < -0.39 is 95.7 Å². The highest BCUT2D eigenvalue weighted by Crippen LogP contribution is 2.37. The number of esters is 2. The largest absolute Gasteiger partial charge is 0.456 e. The molecule has 42 heavy (non-hydrogen) atoms. The number of aliphatic hydroxyl groups is 1. The van der Waals surface area contributed by atoms with E-state index in [1.54, 1.807) is 0 Å². The molecule has 0 aromatic heterocycles. The van der Waals surface area contributed by atoms with Crippen molar-refractivity contribution in [1.82, 2.24) is 0 Å². The first kappa shape index (κ1) is 31.4. The molecule has 1 aliphatic heterocycles. The van der Waals surface area contributed by atoms with E-state index in [-0.39, 0.29) is 6.42 Å². The van der Waals surface area contributed by atoms with Crippen molar-refractivity contribution in [2.75, 3.05) is 7.11 Å². The Labute approximate surface area is 234 Å². The van der Waals surface area contributed by atoms with Gasteiger partial charge in [0.25, 0.3) is 22.7 Å². The molecule has 1 heterocycles. The van der Waals surface area contributed by atoms with Crippen LogP contribution in [0.1, 0.15) is 41.0 Å². The van der Waals surface area contributed by atoms with Gasteiger partial charge < -0.3 is 24.1 Å². The van der Waals surface area contributed by atoms with E-state index in [0.717, 1.165) is 31.2 Å². The van der Waals surface area contributed by atoms with Gasteiger partial charge in [-0.3, -0.25) is 40.5 Å². The lowest BCUT2D eigenvalue weighted by molar-refractivity contribution is -0.394. The molecule has 19 heteroatoms. The van der Waals surface area contributed by atoms with E-state index in [4.69, 9.17) is 18.9 Å². The normalized spacial score (nSPS) is 22.4. The number of carbonyl (C=O) groups is 2. The van der Waals surface area contributed by atoms with Gasteiger partial charge >= 0.3 is 11.9 Å². The van der Waals surface area contributed by atoms with Crippen molar-refractivity contribution in [3.8, 4) is 0 Å². The molecule has 224 valence electrons. The molecule has 19 nitrogen and oxygen atoms in total. The first-order chi connectivity index (χ1) is 19.6. The average Bonchev–Trinajstić information content (AvgIpc) is 2.94. The van der Waals surface area contributed by atoms with E-state index >= 15 is 0 Å². The Bertz CT molecular complexity index is 1400. The number of hydrogen-bond donors (Lipinski definition) is 1. The highest BCUT2D eigenvalue weighted by molar-refractivity contribution is 5.92. The summed E-state index contributed by atoms with van der Waals surface area (Å²) in [6.45, 7) is 2.47. The molecular weight excluding hydrogens is 572 g/mol. The van der Waals surface area contributed by atoms with Crippen molar-refractivity contribution in [3.63, 3.8) is 0 Å². The summed E-state index contributed by atoms with van der Waals surface area (Å²) in [6.07, 6.45) is -5.97. The minimum atomic E-state index is -2.36. The van der Waals surface area contributed by atoms with Gasteiger partial charge in [0.2, 0.25) is 0 Å². The van der Waals surface area contributed by atoms with E-state index in [1.807, 2.05) is 0 Å². The molecule has 1 saturated heterocycles. The maximum absolute atomic E-state index is 13.0. The second kappa shape index (κ2) is 12.2. The summed E-state index contributed by atoms with van der Waals surface area (Å²) in [5.41, 5.74) is -6.68. The van der Waals surface area contributed by atoms with Crippen LogP contribution < -0.4 is 0 Å². The highest BCUT2D eigenvalue weighted by atomic mass is 16.7. The summed E-state index contributed by atoms with van der Waals surface area (Å²) in [7, 11) is 1.24. The van der Waals surface area contributed by atoms with Gasteiger partial charge in [0.1, 0.15) is 12.2 Å². The van der Waals surface area contributed by atoms with Gasteiger partial charge in [-0.25, -0.2) is 9.59 Å². The summed E-state index contributed by atoms with van der Waals surface area (Å²) in [5.74, 6) is -2.63. The maximum atomic E-state index is 13.0. The number of hydrogen-bond acceptors (Lipinski definition) is 15. The van der Waals surface area contributed by atoms with Gasteiger partial charge in [0.05, 0.1) is 49.1 Å². The summed E-state index contributed by atoms with van der Waals surface area (Å²) in [6, 6.07) is 4.15. The van der Waals surface area contributed by atoms with Gasteiger partial charge in [0, 0.05) is 37.8 Å². The van der Waals surface area contributed by atoms with Crippen molar-refractivity contribution in [2.24, 2.45) is 0 Å². The Morgan fingerprint density at radius 3 is 1.64 bits per heavy atom. The number of rotatable bonds is 10. The molecule has 0 amide bonds. The second-order valence-corrected chi connectivity index (χ2v) is 9.01. The van der Waals surface area contributed by atoms with E-state index in [0.29, 0.717) is 12.1 Å². The third-order valence-corrected chi connectivity index (χ3v) is 6.50. The number of non-ortho nitro benzene ring substituents is 4. The third kappa shape index (κ3) is 6.43. The Morgan fingerprint density at radius 2 is 1.26 bits per heavy atom. The molecule has 0 radical (unpaired) electrons. The SMILES string of the molecule is CO[C@@H]1C[C@@H](OC(=O)c2cc([N+](=O)[O-])cc([N+](=O)[O-])c2)[C@@](O)([C@H](C)OC(=O)c2cc([N+](=O)[O-])cc([N+](=O)[O-])c2)[C@H](C)O1. The lowest BCUT2D eigenvalue weighted by Crippen LogP contribution is -2.65. The van der Waals surface area contributed by atoms with Gasteiger partial charge in [-0.1, -0.05) is 0 Å². The Hall–Kier alpha value is -5.14. The van der Waals surface area contributed by atoms with Crippen molar-refractivity contribution < 1.29 is 53.3 Å². The minimum Gasteiger partial charge on any atom is -0.456 e. The van der Waals surface area contributed by atoms with Crippen LogP contribution in [0, 0.1) is 40.5 Å². The first-order valence-corrected chi connectivity index (χ1v) is 11.8. The molecular formula is C23H22N4O15. The van der Waals surface area contributed by atoms with Crippen LogP contribution in [-0.2, 0) is 18.9 Å². The molecule has 1 N–H and O–H groups in total. The molecule has 0 spiro atoms. The van der Waals surface area contributed by atoms with Crippen molar-refractivity contribution >= 4 is 34.7 Å². The van der Waals surface area contributed by atoms with Gasteiger partial charge in [-0.05, 0) is 13.8 Å². The van der Waals surface area contributed by atoms with E-state index in [1.165, 1.54) is 14.0 Å². The molecule has 2 aromatic carbocycles. The molecule has 0 unspecified atom stereocenters.